The summed E-state index contributed by atoms with van der Waals surface area (Å²) in [6, 6.07) is 10.6. The second kappa shape index (κ2) is 7.57. The zero-order valence-electron chi connectivity index (χ0n) is 11.6. The van der Waals surface area contributed by atoms with Gasteiger partial charge in [0, 0.05) is 29.0 Å². The largest absolute Gasteiger partial charge is 0.316 e. The summed E-state index contributed by atoms with van der Waals surface area (Å²) in [5, 5.41) is 3.16. The van der Waals surface area contributed by atoms with Crippen molar-refractivity contribution in [2.75, 3.05) is 14.1 Å². The molecular formula is C15H18BrClN2S. The first-order chi connectivity index (χ1) is 9.58. The van der Waals surface area contributed by atoms with Crippen molar-refractivity contribution in [3.05, 3.63) is 55.1 Å². The summed E-state index contributed by atoms with van der Waals surface area (Å²) >= 11 is 11.3. The van der Waals surface area contributed by atoms with Gasteiger partial charge < -0.3 is 5.32 Å². The first-order valence-electron chi connectivity index (χ1n) is 6.43. The summed E-state index contributed by atoms with van der Waals surface area (Å²) in [4.78, 5) is 3.58. The van der Waals surface area contributed by atoms with Crippen molar-refractivity contribution in [2.45, 2.75) is 19.6 Å². The monoisotopic (exact) mass is 372 g/mol. The number of nitrogens with one attached hydrogen (secondary N) is 1. The predicted molar refractivity (Wildman–Crippen MR) is 91.4 cm³/mol. The fraction of sp³-hybridized carbons (Fsp3) is 0.333. The van der Waals surface area contributed by atoms with Gasteiger partial charge in [-0.3, -0.25) is 4.90 Å². The molecule has 0 spiro atoms. The van der Waals surface area contributed by atoms with Gasteiger partial charge in [0.05, 0.1) is 4.34 Å². The van der Waals surface area contributed by atoms with Crippen LogP contribution in [0.2, 0.25) is 4.34 Å². The third kappa shape index (κ3) is 4.57. The van der Waals surface area contributed by atoms with Gasteiger partial charge >= 0.3 is 0 Å². The number of thiophene rings is 1. The fourth-order valence-electron chi connectivity index (χ4n) is 2.08. The van der Waals surface area contributed by atoms with E-state index in [1.54, 1.807) is 11.3 Å². The molecule has 0 aliphatic rings. The molecule has 0 aliphatic heterocycles. The lowest BCUT2D eigenvalue weighted by Gasteiger charge is -2.17. The maximum absolute atomic E-state index is 5.96. The van der Waals surface area contributed by atoms with Crippen molar-refractivity contribution >= 4 is 38.9 Å². The molecule has 0 amide bonds. The van der Waals surface area contributed by atoms with Gasteiger partial charge in [0.15, 0.2) is 0 Å². The maximum atomic E-state index is 5.96. The van der Waals surface area contributed by atoms with Crippen LogP contribution in [0.4, 0.5) is 0 Å². The highest BCUT2D eigenvalue weighted by molar-refractivity contribution is 9.10. The van der Waals surface area contributed by atoms with Gasteiger partial charge in [0.25, 0.3) is 0 Å². The molecule has 0 aliphatic carbocycles. The first-order valence-corrected chi connectivity index (χ1v) is 8.42. The molecule has 2 rings (SSSR count). The summed E-state index contributed by atoms with van der Waals surface area (Å²) in [5.41, 5.74) is 2.59. The predicted octanol–water partition coefficient (Wildman–Crippen LogP) is 4.52. The minimum atomic E-state index is 0.853. The second-order valence-corrected chi connectivity index (χ2v) is 7.49. The van der Waals surface area contributed by atoms with Crippen LogP contribution in [-0.4, -0.2) is 19.0 Å². The summed E-state index contributed by atoms with van der Waals surface area (Å²) in [7, 11) is 4.09. The van der Waals surface area contributed by atoms with E-state index < -0.39 is 0 Å². The Kier molecular flexibility index (Phi) is 6.05. The molecule has 0 bridgehead atoms. The van der Waals surface area contributed by atoms with Crippen LogP contribution >= 0.6 is 38.9 Å². The minimum absolute atomic E-state index is 0.853. The molecule has 5 heteroatoms. The lowest BCUT2D eigenvalue weighted by molar-refractivity contribution is 0.321. The molecule has 1 aromatic heterocycles. The van der Waals surface area contributed by atoms with Crippen molar-refractivity contribution in [1.82, 2.24) is 10.2 Å². The average Bonchev–Trinajstić information content (AvgIpc) is 2.78. The van der Waals surface area contributed by atoms with Crippen molar-refractivity contribution in [3.63, 3.8) is 0 Å². The van der Waals surface area contributed by atoms with Crippen LogP contribution in [0.15, 0.2) is 34.8 Å². The smallest absolute Gasteiger partial charge is 0.0931 e. The molecule has 0 unspecified atom stereocenters. The zero-order chi connectivity index (χ0) is 14.5. The van der Waals surface area contributed by atoms with Crippen molar-refractivity contribution < 1.29 is 0 Å². The van der Waals surface area contributed by atoms with Crippen molar-refractivity contribution in [2.24, 2.45) is 0 Å². The fourth-order valence-corrected chi connectivity index (χ4v) is 3.80. The minimum Gasteiger partial charge on any atom is -0.316 e. The highest BCUT2D eigenvalue weighted by Gasteiger charge is 2.07. The molecular weight excluding hydrogens is 356 g/mol. The van der Waals surface area contributed by atoms with Gasteiger partial charge in [-0.2, -0.15) is 0 Å². The molecule has 20 heavy (non-hydrogen) atoms. The third-order valence-electron chi connectivity index (χ3n) is 2.99. The van der Waals surface area contributed by atoms with E-state index in [0.717, 1.165) is 24.0 Å². The van der Waals surface area contributed by atoms with Crippen LogP contribution in [-0.2, 0) is 19.6 Å². The van der Waals surface area contributed by atoms with Crippen molar-refractivity contribution in [3.8, 4) is 0 Å². The molecule has 1 heterocycles. The molecule has 0 saturated heterocycles. The van der Waals surface area contributed by atoms with Gasteiger partial charge in [-0.1, -0.05) is 39.7 Å². The van der Waals surface area contributed by atoms with Crippen LogP contribution in [0.25, 0.3) is 0 Å². The quantitative estimate of drug-likeness (QED) is 0.801. The Bertz CT molecular complexity index is 571. The van der Waals surface area contributed by atoms with E-state index in [1.165, 1.54) is 20.5 Å². The van der Waals surface area contributed by atoms with E-state index in [9.17, 15) is 0 Å². The number of nitrogens with zero attached hydrogens (tertiary/aromatic N) is 1. The number of halogens is 2. The van der Waals surface area contributed by atoms with Crippen molar-refractivity contribution in [1.29, 1.82) is 0 Å². The van der Waals surface area contributed by atoms with Gasteiger partial charge in [-0.25, -0.2) is 0 Å². The summed E-state index contributed by atoms with van der Waals surface area (Å²) in [6.45, 7) is 2.72. The standard InChI is InChI=1S/C15H18BrClN2S/c1-18-8-11-3-4-12(14(16)7-11)9-19(2)10-13-5-6-15(17)20-13/h3-7,18H,8-10H2,1-2H3. The lowest BCUT2D eigenvalue weighted by atomic mass is 10.1. The second-order valence-electron chi connectivity index (χ2n) is 4.83. The highest BCUT2D eigenvalue weighted by Crippen LogP contribution is 2.24. The molecule has 2 nitrogen and oxygen atoms in total. The van der Waals surface area contributed by atoms with Gasteiger partial charge in [-0.15, -0.1) is 11.3 Å². The van der Waals surface area contributed by atoms with E-state index in [1.807, 2.05) is 13.1 Å². The average molecular weight is 374 g/mol. The summed E-state index contributed by atoms with van der Waals surface area (Å²) in [6.07, 6.45) is 0. The van der Waals surface area contributed by atoms with E-state index in [4.69, 9.17) is 11.6 Å². The SMILES string of the molecule is CNCc1ccc(CN(C)Cc2ccc(Cl)s2)c(Br)c1. The molecule has 2 aromatic rings. The highest BCUT2D eigenvalue weighted by atomic mass is 79.9. The lowest BCUT2D eigenvalue weighted by Crippen LogP contribution is -2.17. The molecule has 0 atom stereocenters. The van der Waals surface area contributed by atoms with Gasteiger partial charge in [0.1, 0.15) is 0 Å². The number of hydrogen-bond donors (Lipinski definition) is 1. The Morgan fingerprint density at radius 2 is 2.05 bits per heavy atom. The maximum Gasteiger partial charge on any atom is 0.0931 e. The Morgan fingerprint density at radius 3 is 2.65 bits per heavy atom. The van der Waals surface area contributed by atoms with E-state index in [2.05, 4.69) is 57.5 Å². The molecule has 0 saturated carbocycles. The summed E-state index contributed by atoms with van der Waals surface area (Å²) < 4.78 is 2.02. The normalized spacial score (nSPS) is 11.2. The Hall–Kier alpha value is -0.390. The molecule has 0 fully saturated rings. The van der Waals surface area contributed by atoms with Gasteiger partial charge in [0.2, 0.25) is 0 Å². The van der Waals surface area contributed by atoms with Crippen LogP contribution in [0.5, 0.6) is 0 Å². The number of rotatable bonds is 6. The molecule has 0 radical (unpaired) electrons. The van der Waals surface area contributed by atoms with Gasteiger partial charge in [-0.05, 0) is 43.4 Å². The molecule has 1 aromatic carbocycles. The topological polar surface area (TPSA) is 15.3 Å². The van der Waals surface area contributed by atoms with Crippen LogP contribution in [0.1, 0.15) is 16.0 Å². The number of hydrogen-bond acceptors (Lipinski definition) is 3. The number of benzene rings is 1. The Labute approximate surface area is 137 Å². The van der Waals surface area contributed by atoms with Crippen LogP contribution < -0.4 is 5.32 Å². The summed E-state index contributed by atoms with van der Waals surface area (Å²) in [5.74, 6) is 0. The van der Waals surface area contributed by atoms with Crippen LogP contribution in [0.3, 0.4) is 0 Å². The van der Waals surface area contributed by atoms with Crippen LogP contribution in [0, 0.1) is 0 Å². The Morgan fingerprint density at radius 1 is 1.25 bits per heavy atom. The molecule has 1 N–H and O–H groups in total. The van der Waals surface area contributed by atoms with E-state index >= 15 is 0 Å². The van der Waals surface area contributed by atoms with E-state index in [-0.39, 0.29) is 0 Å². The molecule has 108 valence electrons. The Balaban J connectivity index is 1.98. The van der Waals surface area contributed by atoms with E-state index in [0.29, 0.717) is 0 Å². The zero-order valence-corrected chi connectivity index (χ0v) is 14.8. The first kappa shape index (κ1) is 16.0. The third-order valence-corrected chi connectivity index (χ3v) is 4.95.